The molecule has 1 saturated carbocycles. The van der Waals surface area contributed by atoms with Crippen molar-refractivity contribution in [1.29, 1.82) is 0 Å². The van der Waals surface area contributed by atoms with Gasteiger partial charge in [0.1, 0.15) is 5.82 Å². The highest BCUT2D eigenvalue weighted by Crippen LogP contribution is 2.48. The molecule has 9 nitrogen and oxygen atoms in total. The second-order valence-corrected chi connectivity index (χ2v) is 16.3. The number of rotatable bonds is 8. The normalized spacial score (nSPS) is 37.5. The number of carboxylic acid groups (broad SMARTS) is 1. The molecule has 2 N–H and O–H groups in total. The quantitative estimate of drug-likeness (QED) is 0.418. The number of nitrogens with one attached hydrogen (secondary N) is 1. The fraction of sp³-hybridized carbons (Fsp3) is 0.844. The van der Waals surface area contributed by atoms with Crippen molar-refractivity contribution in [2.24, 2.45) is 17.8 Å². The standard InChI is InChI=1S/C32H50ClN5O4S/c1-18-12-23(29-28(34-18)25(15-43-29)31(40)41)22-13-20(33)6-9-27(22)42-11-10-38-19(2)35-26-8-7-21(14-24(26)30(38)39)37-16-32(3,17-37)36(4)5/h18,20-23,25,27-29,34H,6-17H2,1-5H3,(H,40,41). The van der Waals surface area contributed by atoms with Gasteiger partial charge in [-0.3, -0.25) is 19.1 Å². The number of hydrogen-bond acceptors (Lipinski definition) is 8. The summed E-state index contributed by atoms with van der Waals surface area (Å²) in [6.07, 6.45) is 6.50. The Morgan fingerprint density at radius 3 is 2.72 bits per heavy atom. The van der Waals surface area contributed by atoms with E-state index >= 15 is 0 Å². The lowest BCUT2D eigenvalue weighted by Crippen LogP contribution is -2.69. The van der Waals surface area contributed by atoms with Gasteiger partial charge in [0.2, 0.25) is 0 Å². The minimum atomic E-state index is -0.699. The van der Waals surface area contributed by atoms with Crippen LogP contribution in [-0.4, -0.2) is 110 Å². The number of halogens is 1. The largest absolute Gasteiger partial charge is 0.481 e. The maximum atomic E-state index is 13.8. The summed E-state index contributed by atoms with van der Waals surface area (Å²) >= 11 is 8.56. The Balaban J connectivity index is 1.12. The highest BCUT2D eigenvalue weighted by Gasteiger charge is 2.52. The first kappa shape index (κ1) is 31.8. The zero-order chi connectivity index (χ0) is 30.6. The van der Waals surface area contributed by atoms with E-state index in [4.69, 9.17) is 21.3 Å². The number of alkyl halides is 1. The molecule has 4 heterocycles. The molecule has 5 aliphatic rings. The second-order valence-electron chi connectivity index (χ2n) is 14.5. The number of carbonyl (C=O) groups is 1. The van der Waals surface area contributed by atoms with Gasteiger partial charge in [0.05, 0.1) is 30.9 Å². The van der Waals surface area contributed by atoms with Crippen molar-refractivity contribution in [3.63, 3.8) is 0 Å². The fourth-order valence-corrected chi connectivity index (χ4v) is 10.8. The average Bonchev–Trinajstić information content (AvgIpc) is 3.37. The summed E-state index contributed by atoms with van der Waals surface area (Å²) in [5.41, 5.74) is 2.19. The SMILES string of the molecule is Cc1nc2c(c(=O)n1CCOC1CCC(Cl)CC1C1CC(C)NC3C(C(=O)O)CSC13)CC(N1CC(C)(N(C)C)C1)CC2. The molecule has 2 aliphatic carbocycles. The number of likely N-dealkylation sites (tertiary alicyclic amines) is 1. The molecule has 9 atom stereocenters. The van der Waals surface area contributed by atoms with Crippen LogP contribution in [0.25, 0.3) is 0 Å². The van der Waals surface area contributed by atoms with E-state index in [0.717, 1.165) is 75.1 Å². The summed E-state index contributed by atoms with van der Waals surface area (Å²) in [6.45, 7) is 9.47. The first-order chi connectivity index (χ1) is 20.4. The van der Waals surface area contributed by atoms with E-state index < -0.39 is 5.97 Å². The zero-order valence-corrected chi connectivity index (χ0v) is 28.0. The molecule has 0 bridgehead atoms. The predicted molar refractivity (Wildman–Crippen MR) is 171 cm³/mol. The highest BCUT2D eigenvalue weighted by atomic mass is 35.5. The molecule has 0 radical (unpaired) electrons. The Hall–Kier alpha value is -1.17. The van der Waals surface area contributed by atoms with Crippen molar-refractivity contribution in [3.8, 4) is 0 Å². The molecule has 3 aliphatic heterocycles. The zero-order valence-electron chi connectivity index (χ0n) is 26.4. The molecule has 0 spiro atoms. The molecule has 240 valence electrons. The van der Waals surface area contributed by atoms with Crippen molar-refractivity contribution in [3.05, 3.63) is 27.4 Å². The Morgan fingerprint density at radius 1 is 1.23 bits per heavy atom. The van der Waals surface area contributed by atoms with Gasteiger partial charge in [-0.25, -0.2) is 4.98 Å². The molecule has 3 saturated heterocycles. The number of carboxylic acids is 1. The van der Waals surface area contributed by atoms with E-state index in [1.54, 1.807) is 0 Å². The van der Waals surface area contributed by atoms with Gasteiger partial charge in [-0.15, -0.1) is 11.6 Å². The van der Waals surface area contributed by atoms with Crippen LogP contribution in [0.15, 0.2) is 4.79 Å². The minimum Gasteiger partial charge on any atom is -0.481 e. The Bertz CT molecular complexity index is 1250. The third kappa shape index (κ3) is 6.18. The second kappa shape index (κ2) is 12.6. The lowest BCUT2D eigenvalue weighted by Gasteiger charge is -2.55. The Morgan fingerprint density at radius 2 is 2.00 bits per heavy atom. The van der Waals surface area contributed by atoms with Crippen LogP contribution in [0.3, 0.4) is 0 Å². The van der Waals surface area contributed by atoms with Crippen LogP contribution in [0, 0.1) is 24.7 Å². The number of ether oxygens (including phenoxy) is 1. The van der Waals surface area contributed by atoms with Crippen LogP contribution in [0.4, 0.5) is 0 Å². The molecule has 1 aromatic heterocycles. The van der Waals surface area contributed by atoms with Gasteiger partial charge in [-0.2, -0.15) is 11.8 Å². The van der Waals surface area contributed by atoms with Crippen LogP contribution in [-0.2, 0) is 28.9 Å². The van der Waals surface area contributed by atoms with E-state index in [1.807, 2.05) is 23.3 Å². The van der Waals surface area contributed by atoms with Crippen molar-refractivity contribution < 1.29 is 14.6 Å². The number of aliphatic carboxylic acids is 1. The number of piperidine rings is 1. The Labute approximate surface area is 265 Å². The lowest BCUT2D eigenvalue weighted by atomic mass is 9.70. The maximum Gasteiger partial charge on any atom is 0.308 e. The summed E-state index contributed by atoms with van der Waals surface area (Å²) in [7, 11) is 4.30. The first-order valence-electron chi connectivity index (χ1n) is 16.3. The van der Waals surface area contributed by atoms with Crippen molar-refractivity contribution >= 4 is 29.3 Å². The molecule has 0 aromatic carbocycles. The summed E-state index contributed by atoms with van der Waals surface area (Å²) in [5, 5.41) is 13.8. The molecule has 4 fully saturated rings. The summed E-state index contributed by atoms with van der Waals surface area (Å²) in [5.74, 6) is 1.04. The third-order valence-corrected chi connectivity index (χ3v) is 13.4. The molecule has 1 aromatic rings. The summed E-state index contributed by atoms with van der Waals surface area (Å²) in [6, 6.07) is 0.661. The van der Waals surface area contributed by atoms with Crippen molar-refractivity contribution in [2.75, 3.05) is 39.5 Å². The van der Waals surface area contributed by atoms with Gasteiger partial charge in [0.15, 0.2) is 0 Å². The van der Waals surface area contributed by atoms with Crippen LogP contribution in [0.1, 0.15) is 63.0 Å². The number of fused-ring (bicyclic) bond motifs is 2. The van der Waals surface area contributed by atoms with Crippen molar-refractivity contribution in [2.45, 2.75) is 113 Å². The van der Waals surface area contributed by atoms with Gasteiger partial charge in [-0.05, 0) is 91.6 Å². The highest BCUT2D eigenvalue weighted by molar-refractivity contribution is 8.00. The first-order valence-corrected chi connectivity index (χ1v) is 17.8. The van der Waals surface area contributed by atoms with E-state index in [0.29, 0.717) is 30.9 Å². The van der Waals surface area contributed by atoms with E-state index in [2.05, 4.69) is 43.1 Å². The van der Waals surface area contributed by atoms with Gasteiger partial charge in [0.25, 0.3) is 5.56 Å². The number of aromatic nitrogens is 2. The Kier molecular flexibility index (Phi) is 9.28. The molecule has 0 amide bonds. The molecule has 6 rings (SSSR count). The van der Waals surface area contributed by atoms with Gasteiger partial charge in [-0.1, -0.05) is 0 Å². The van der Waals surface area contributed by atoms with Crippen LogP contribution < -0.4 is 10.9 Å². The van der Waals surface area contributed by atoms with E-state index in [9.17, 15) is 14.7 Å². The number of likely N-dealkylation sites (N-methyl/N-ethyl adjacent to an activating group) is 1. The molecule has 9 unspecified atom stereocenters. The molecule has 43 heavy (non-hydrogen) atoms. The molecule has 11 heteroatoms. The number of aryl methyl sites for hydroxylation is 2. The van der Waals surface area contributed by atoms with Gasteiger partial charge in [0, 0.05) is 58.7 Å². The maximum absolute atomic E-state index is 13.8. The fourth-order valence-electron chi connectivity index (χ4n) is 8.67. The molecular weight excluding hydrogens is 586 g/mol. The predicted octanol–water partition coefficient (Wildman–Crippen LogP) is 3.02. The number of hydrogen-bond donors (Lipinski definition) is 2. The third-order valence-electron chi connectivity index (χ3n) is 11.4. The van der Waals surface area contributed by atoms with Crippen molar-refractivity contribution in [1.82, 2.24) is 24.7 Å². The topological polar surface area (TPSA) is 99.9 Å². The van der Waals surface area contributed by atoms with E-state index in [-0.39, 0.29) is 51.7 Å². The smallest absolute Gasteiger partial charge is 0.308 e. The monoisotopic (exact) mass is 635 g/mol. The average molecular weight is 636 g/mol. The summed E-state index contributed by atoms with van der Waals surface area (Å²) < 4.78 is 8.47. The number of thioether (sulfide) groups is 1. The van der Waals surface area contributed by atoms with Crippen LogP contribution in [0.2, 0.25) is 0 Å². The minimum absolute atomic E-state index is 0.00730. The molecular formula is C32H50ClN5O4S. The van der Waals surface area contributed by atoms with Gasteiger partial charge >= 0.3 is 5.97 Å². The lowest BCUT2D eigenvalue weighted by molar-refractivity contribution is -0.142. The van der Waals surface area contributed by atoms with Crippen LogP contribution >= 0.6 is 23.4 Å². The van der Waals surface area contributed by atoms with Crippen LogP contribution in [0.5, 0.6) is 0 Å². The van der Waals surface area contributed by atoms with E-state index in [1.165, 1.54) is 0 Å². The number of nitrogens with zero attached hydrogens (tertiary/aromatic N) is 4. The summed E-state index contributed by atoms with van der Waals surface area (Å²) in [4.78, 5) is 35.5. The van der Waals surface area contributed by atoms with Gasteiger partial charge < -0.3 is 20.1 Å².